The highest BCUT2D eigenvalue weighted by atomic mass is 19.1. The molecule has 0 radical (unpaired) electrons. The number of hydrogen-bond donors (Lipinski definition) is 3. The molecule has 0 unspecified atom stereocenters. The lowest BCUT2D eigenvalue weighted by Crippen LogP contribution is -2.43. The van der Waals surface area contributed by atoms with Gasteiger partial charge in [-0.05, 0) is 12.1 Å². The van der Waals surface area contributed by atoms with Crippen molar-refractivity contribution in [3.63, 3.8) is 0 Å². The Morgan fingerprint density at radius 3 is 2.68 bits per heavy atom. The molecule has 3 aromatic rings. The van der Waals surface area contributed by atoms with E-state index < -0.39 is 48.2 Å². The Balaban J connectivity index is 1.75. The van der Waals surface area contributed by atoms with Gasteiger partial charge in [0.15, 0.2) is 12.0 Å². The summed E-state index contributed by atoms with van der Waals surface area (Å²) in [6.07, 6.45) is -4.12. The lowest BCUT2D eigenvalue weighted by Gasteiger charge is -2.18. The Morgan fingerprint density at radius 1 is 1.18 bits per heavy atom. The van der Waals surface area contributed by atoms with Gasteiger partial charge in [-0.2, -0.15) is 0 Å². The van der Waals surface area contributed by atoms with Crippen molar-refractivity contribution >= 4 is 11.0 Å². The van der Waals surface area contributed by atoms with Gasteiger partial charge in [-0.15, -0.1) is 0 Å². The highest BCUT2D eigenvalue weighted by Gasteiger charge is 2.43. The van der Waals surface area contributed by atoms with E-state index in [1.165, 1.54) is 12.1 Å². The molecule has 0 spiro atoms. The van der Waals surface area contributed by atoms with Crippen LogP contribution in [0.4, 0.5) is 4.39 Å². The summed E-state index contributed by atoms with van der Waals surface area (Å²) in [5.74, 6) is -0.624. The summed E-state index contributed by atoms with van der Waals surface area (Å²) in [5, 5.41) is 33.2. The third-order valence-corrected chi connectivity index (χ3v) is 4.72. The summed E-state index contributed by atoms with van der Waals surface area (Å²) in [4.78, 5) is 25.0. The van der Waals surface area contributed by atoms with Crippen molar-refractivity contribution in [2.24, 2.45) is 0 Å². The number of para-hydroxylation sites is 1. The number of benzene rings is 1. The number of ether oxygens (including phenoxy) is 1. The molecule has 1 aromatic carbocycles. The molecule has 3 N–H and O–H groups in total. The van der Waals surface area contributed by atoms with Crippen LogP contribution in [0.3, 0.4) is 0 Å². The lowest BCUT2D eigenvalue weighted by atomic mass is 10.1. The van der Waals surface area contributed by atoms with E-state index in [0.717, 1.165) is 21.4 Å². The van der Waals surface area contributed by atoms with Crippen LogP contribution in [-0.2, 0) is 11.3 Å². The normalized spacial score (nSPS) is 24.9. The predicted molar refractivity (Wildman–Crippen MR) is 91.0 cm³/mol. The Kier molecular flexibility index (Phi) is 4.59. The van der Waals surface area contributed by atoms with Crippen LogP contribution in [0.1, 0.15) is 11.9 Å². The fourth-order valence-corrected chi connectivity index (χ4v) is 3.22. The summed E-state index contributed by atoms with van der Waals surface area (Å²) in [7, 11) is 0. The molecule has 28 heavy (non-hydrogen) atoms. The quantitative estimate of drug-likeness (QED) is 0.510. The molecular formula is C17H16FN3O7. The maximum atomic E-state index is 13.8. The van der Waals surface area contributed by atoms with Gasteiger partial charge in [0.1, 0.15) is 24.0 Å². The van der Waals surface area contributed by atoms with Crippen LogP contribution in [0.25, 0.3) is 11.0 Å². The predicted octanol–water partition coefficient (Wildman–Crippen LogP) is -1.05. The Hall–Kier alpha value is -2.86. The molecule has 0 saturated carbocycles. The highest BCUT2D eigenvalue weighted by Crippen LogP contribution is 2.28. The fourth-order valence-electron chi connectivity index (χ4n) is 3.22. The van der Waals surface area contributed by atoms with Crippen LogP contribution in [0.5, 0.6) is 0 Å². The summed E-state index contributed by atoms with van der Waals surface area (Å²) >= 11 is 0. The van der Waals surface area contributed by atoms with Gasteiger partial charge in [-0.25, -0.2) is 9.18 Å². The second kappa shape index (κ2) is 6.95. The zero-order valence-electron chi connectivity index (χ0n) is 14.3. The van der Waals surface area contributed by atoms with Gasteiger partial charge in [0.05, 0.1) is 13.2 Å². The summed E-state index contributed by atoms with van der Waals surface area (Å²) in [6, 6.07) is 5.27. The van der Waals surface area contributed by atoms with E-state index in [2.05, 4.69) is 5.16 Å². The van der Waals surface area contributed by atoms with Crippen molar-refractivity contribution < 1.29 is 29.0 Å². The molecule has 4 atom stereocenters. The van der Waals surface area contributed by atoms with Crippen molar-refractivity contribution in [1.29, 1.82) is 0 Å². The average molecular weight is 393 g/mol. The van der Waals surface area contributed by atoms with Crippen molar-refractivity contribution in [2.45, 2.75) is 31.1 Å². The van der Waals surface area contributed by atoms with Crippen LogP contribution in [-0.4, -0.2) is 54.5 Å². The van der Waals surface area contributed by atoms with Crippen LogP contribution >= 0.6 is 0 Å². The van der Waals surface area contributed by atoms with Gasteiger partial charge in [-0.3, -0.25) is 13.9 Å². The largest absolute Gasteiger partial charge is 0.394 e. The molecule has 1 aliphatic heterocycles. The third-order valence-electron chi connectivity index (χ3n) is 4.72. The first-order valence-electron chi connectivity index (χ1n) is 8.39. The lowest BCUT2D eigenvalue weighted by molar-refractivity contribution is -0.0555. The Labute approximate surface area is 155 Å². The zero-order chi connectivity index (χ0) is 20.0. The van der Waals surface area contributed by atoms with E-state index in [1.807, 2.05) is 0 Å². The molecular weight excluding hydrogens is 377 g/mol. The van der Waals surface area contributed by atoms with Gasteiger partial charge in [0.2, 0.25) is 5.58 Å². The third kappa shape index (κ3) is 2.85. The SMILES string of the molecule is O=c1ccn([C@@H]2O[C@H](CO)[C@@H](O)[C@H]2O)c(=O)n1Cc1noc2c(F)cccc12. The number of aromatic nitrogens is 3. The van der Waals surface area contributed by atoms with Gasteiger partial charge in [-0.1, -0.05) is 11.2 Å². The fraction of sp³-hybridized carbons (Fsp3) is 0.353. The highest BCUT2D eigenvalue weighted by molar-refractivity contribution is 5.79. The molecule has 1 fully saturated rings. The molecule has 1 saturated heterocycles. The van der Waals surface area contributed by atoms with Crippen molar-refractivity contribution in [3.05, 3.63) is 62.8 Å². The first-order chi connectivity index (χ1) is 13.4. The molecule has 11 heteroatoms. The number of hydrogen-bond acceptors (Lipinski definition) is 8. The molecule has 3 heterocycles. The minimum Gasteiger partial charge on any atom is -0.394 e. The minimum atomic E-state index is -1.48. The van der Waals surface area contributed by atoms with E-state index in [4.69, 9.17) is 9.26 Å². The second-order valence-electron chi connectivity index (χ2n) is 6.40. The van der Waals surface area contributed by atoms with E-state index in [-0.39, 0.29) is 17.8 Å². The number of nitrogens with zero attached hydrogens (tertiary/aromatic N) is 3. The molecule has 148 valence electrons. The van der Waals surface area contributed by atoms with E-state index >= 15 is 0 Å². The molecule has 1 aliphatic rings. The van der Waals surface area contributed by atoms with Gasteiger partial charge < -0.3 is 24.6 Å². The smallest absolute Gasteiger partial charge is 0.333 e. The number of halogens is 1. The van der Waals surface area contributed by atoms with Crippen LogP contribution in [0.2, 0.25) is 0 Å². The molecule has 4 rings (SSSR count). The Morgan fingerprint density at radius 2 is 1.96 bits per heavy atom. The average Bonchev–Trinajstić information content (AvgIpc) is 3.22. The molecule has 0 aliphatic carbocycles. The number of fused-ring (bicyclic) bond motifs is 1. The molecule has 0 bridgehead atoms. The van der Waals surface area contributed by atoms with Gasteiger partial charge in [0, 0.05) is 17.6 Å². The summed E-state index contributed by atoms with van der Waals surface area (Å²) in [6.45, 7) is -0.858. The standard InChI is InChI=1S/C17H16FN3O7/c18-9-3-1-2-8-10(19-28-15(8)9)6-21-12(23)4-5-20(17(21)26)16-14(25)13(24)11(7-22)27-16/h1-5,11,13-14,16,22,24-25H,6-7H2/t11-,13-,14-,16-/m1/s1. The first-order valence-corrected chi connectivity index (χ1v) is 8.39. The maximum Gasteiger partial charge on any atom is 0.333 e. The van der Waals surface area contributed by atoms with E-state index in [0.29, 0.717) is 5.39 Å². The molecule has 0 amide bonds. The number of rotatable bonds is 4. The van der Waals surface area contributed by atoms with Crippen LogP contribution in [0, 0.1) is 5.82 Å². The van der Waals surface area contributed by atoms with E-state index in [9.17, 15) is 29.3 Å². The van der Waals surface area contributed by atoms with Gasteiger partial charge >= 0.3 is 5.69 Å². The number of aliphatic hydroxyl groups excluding tert-OH is 3. The second-order valence-corrected chi connectivity index (χ2v) is 6.40. The Bertz CT molecular complexity index is 1140. The monoisotopic (exact) mass is 393 g/mol. The van der Waals surface area contributed by atoms with Crippen molar-refractivity contribution in [3.8, 4) is 0 Å². The van der Waals surface area contributed by atoms with Crippen molar-refractivity contribution in [1.82, 2.24) is 14.3 Å². The summed E-state index contributed by atoms with van der Waals surface area (Å²) in [5.41, 5.74) is -1.41. The minimum absolute atomic E-state index is 0.0923. The first kappa shape index (κ1) is 18.5. The van der Waals surface area contributed by atoms with Crippen LogP contribution in [0.15, 0.2) is 44.6 Å². The van der Waals surface area contributed by atoms with E-state index in [1.54, 1.807) is 6.07 Å². The maximum absolute atomic E-state index is 13.8. The van der Waals surface area contributed by atoms with Gasteiger partial charge in [0.25, 0.3) is 5.56 Å². The summed E-state index contributed by atoms with van der Waals surface area (Å²) < 4.78 is 25.8. The van der Waals surface area contributed by atoms with Crippen molar-refractivity contribution in [2.75, 3.05) is 6.61 Å². The number of aliphatic hydroxyl groups is 3. The zero-order valence-corrected chi connectivity index (χ0v) is 14.3. The topological polar surface area (TPSA) is 140 Å². The van der Waals surface area contributed by atoms with Crippen LogP contribution < -0.4 is 11.2 Å². The molecule has 10 nitrogen and oxygen atoms in total. The molecule has 2 aromatic heterocycles.